The molecule has 0 atom stereocenters. The molecule has 4 rings (SSSR count). The maximum Gasteiger partial charge on any atom is 0.246 e. The van der Waals surface area contributed by atoms with Crippen LogP contribution in [0.1, 0.15) is 18.1 Å². The second kappa shape index (κ2) is 10.2. The zero-order valence-corrected chi connectivity index (χ0v) is 19.8. The maximum absolute atomic E-state index is 12.5. The molecule has 0 N–H and O–H groups in total. The van der Waals surface area contributed by atoms with Crippen LogP contribution in [0.5, 0.6) is 5.75 Å². The molecule has 9 heteroatoms. The molecule has 0 spiro atoms. The zero-order valence-electron chi connectivity index (χ0n) is 17.5. The summed E-state index contributed by atoms with van der Waals surface area (Å²) in [4.78, 5) is 39.4. The van der Waals surface area contributed by atoms with Crippen molar-refractivity contribution >= 4 is 52.9 Å². The number of rotatable bonds is 4. The van der Waals surface area contributed by atoms with Crippen molar-refractivity contribution < 1.29 is 19.4 Å². The minimum Gasteiger partial charge on any atom is -0.339 e. The number of carbonyl (C=O) groups is 2. The lowest BCUT2D eigenvalue weighted by atomic mass is 10.1. The Morgan fingerprint density at radius 3 is 2.53 bits per heavy atom. The fourth-order valence-corrected chi connectivity index (χ4v) is 5.03. The lowest BCUT2D eigenvalue weighted by Crippen LogP contribution is -2.49. The third kappa shape index (κ3) is 5.23. The molecule has 2 aliphatic rings. The smallest absolute Gasteiger partial charge is 0.246 e. The van der Waals surface area contributed by atoms with Gasteiger partial charge in [-0.2, -0.15) is 4.89 Å². The highest BCUT2D eigenvalue weighted by Crippen LogP contribution is 2.40. The molecular formula is C23H22Cl2N2O4S. The number of piperazine rings is 1. The molecule has 0 radical (unpaired) electrons. The van der Waals surface area contributed by atoms with Gasteiger partial charge in [-0.3, -0.25) is 9.59 Å². The number of hydrogen-bond acceptors (Lipinski definition) is 5. The Labute approximate surface area is 201 Å². The molecule has 1 saturated heterocycles. The molecule has 0 aliphatic carbocycles. The normalized spacial score (nSPS) is 16.1. The monoisotopic (exact) mass is 492 g/mol. The molecule has 2 aromatic carbocycles. The summed E-state index contributed by atoms with van der Waals surface area (Å²) in [6.07, 6.45) is 3.97. The van der Waals surface area contributed by atoms with Crippen LogP contribution in [0.4, 0.5) is 0 Å². The fraction of sp³-hybridized carbons (Fsp3) is 0.304. The second-order valence-electron chi connectivity index (χ2n) is 7.47. The van der Waals surface area contributed by atoms with Crippen molar-refractivity contribution in [1.29, 1.82) is 0 Å². The zero-order chi connectivity index (χ0) is 22.7. The van der Waals surface area contributed by atoms with Gasteiger partial charge in [-0.15, -0.1) is 0 Å². The van der Waals surface area contributed by atoms with E-state index in [1.165, 1.54) is 17.8 Å². The van der Waals surface area contributed by atoms with Crippen LogP contribution in [0.15, 0.2) is 46.2 Å². The highest BCUT2D eigenvalue weighted by atomic mass is 35.5. The van der Waals surface area contributed by atoms with Gasteiger partial charge in [0.2, 0.25) is 11.8 Å². The highest BCUT2D eigenvalue weighted by Gasteiger charge is 2.21. The summed E-state index contributed by atoms with van der Waals surface area (Å²) in [6.45, 7) is 4.21. The van der Waals surface area contributed by atoms with E-state index in [0.29, 0.717) is 48.4 Å². The fourth-order valence-electron chi connectivity index (χ4n) is 3.54. The lowest BCUT2D eigenvalue weighted by Gasteiger charge is -2.33. The molecular weight excluding hydrogens is 471 g/mol. The molecule has 1 fully saturated rings. The predicted octanol–water partition coefficient (Wildman–Crippen LogP) is 4.72. The summed E-state index contributed by atoms with van der Waals surface area (Å²) in [5.74, 6) is 0.654. The minimum atomic E-state index is -0.112. The third-order valence-electron chi connectivity index (χ3n) is 5.38. The minimum absolute atomic E-state index is 0.0322. The van der Waals surface area contributed by atoms with Crippen molar-refractivity contribution in [2.75, 3.05) is 32.8 Å². The standard InChI is InChI=1S/C23H22Cl2N2O4S/c1-15(28)26-9-11-27(12-10-26)21(29)7-3-16-2-6-20(23(25)22(16)24)32-18-4-5-19-17(14-18)8-13-30-31-19/h2-7,14H,8-13H2,1H3. The Morgan fingerprint density at radius 2 is 1.78 bits per heavy atom. The van der Waals surface area contributed by atoms with Crippen LogP contribution < -0.4 is 4.89 Å². The van der Waals surface area contributed by atoms with Gasteiger partial charge >= 0.3 is 0 Å². The van der Waals surface area contributed by atoms with E-state index in [-0.39, 0.29) is 11.8 Å². The van der Waals surface area contributed by atoms with E-state index in [0.717, 1.165) is 27.5 Å². The molecule has 0 saturated carbocycles. The van der Waals surface area contributed by atoms with Gasteiger partial charge in [0.05, 0.1) is 16.7 Å². The number of benzene rings is 2. The number of halogens is 2. The Hall–Kier alpha value is -2.19. The topological polar surface area (TPSA) is 59.1 Å². The van der Waals surface area contributed by atoms with Crippen LogP contribution in [-0.4, -0.2) is 54.4 Å². The van der Waals surface area contributed by atoms with E-state index in [1.54, 1.807) is 22.8 Å². The molecule has 2 aromatic rings. The van der Waals surface area contributed by atoms with E-state index >= 15 is 0 Å². The van der Waals surface area contributed by atoms with E-state index in [9.17, 15) is 9.59 Å². The second-order valence-corrected chi connectivity index (χ2v) is 9.34. The summed E-state index contributed by atoms with van der Waals surface area (Å²) in [6, 6.07) is 9.63. The first-order valence-corrected chi connectivity index (χ1v) is 11.8. The molecule has 168 valence electrons. The van der Waals surface area contributed by atoms with Gasteiger partial charge in [-0.25, -0.2) is 0 Å². The quantitative estimate of drug-likeness (QED) is 0.456. The Bertz CT molecular complexity index is 1070. The summed E-state index contributed by atoms with van der Waals surface area (Å²) >= 11 is 14.6. The van der Waals surface area contributed by atoms with Gasteiger partial charge in [0.25, 0.3) is 0 Å². The van der Waals surface area contributed by atoms with Gasteiger partial charge in [0.15, 0.2) is 5.75 Å². The molecule has 2 heterocycles. The average molecular weight is 493 g/mol. The maximum atomic E-state index is 12.5. The molecule has 0 aromatic heterocycles. The number of hydrogen-bond donors (Lipinski definition) is 0. The average Bonchev–Trinajstić information content (AvgIpc) is 2.81. The van der Waals surface area contributed by atoms with Crippen LogP contribution in [0.3, 0.4) is 0 Å². The molecule has 6 nitrogen and oxygen atoms in total. The van der Waals surface area contributed by atoms with Crippen molar-refractivity contribution in [3.63, 3.8) is 0 Å². The van der Waals surface area contributed by atoms with Crippen molar-refractivity contribution in [2.24, 2.45) is 0 Å². The van der Waals surface area contributed by atoms with Crippen LogP contribution in [0, 0.1) is 0 Å². The van der Waals surface area contributed by atoms with Gasteiger partial charge in [0, 0.05) is 61.0 Å². The first kappa shape index (κ1) is 23.0. The van der Waals surface area contributed by atoms with E-state index in [2.05, 4.69) is 6.07 Å². The van der Waals surface area contributed by atoms with Gasteiger partial charge < -0.3 is 14.7 Å². The molecule has 32 heavy (non-hydrogen) atoms. The van der Waals surface area contributed by atoms with Crippen LogP contribution in [0.2, 0.25) is 10.0 Å². The van der Waals surface area contributed by atoms with E-state index in [1.807, 2.05) is 24.3 Å². The lowest BCUT2D eigenvalue weighted by molar-refractivity contribution is -0.215. The SMILES string of the molecule is CC(=O)N1CCN(C(=O)C=Cc2ccc(Sc3ccc4c(c3)CCOO4)c(Cl)c2Cl)CC1. The predicted molar refractivity (Wildman–Crippen MR) is 125 cm³/mol. The van der Waals surface area contributed by atoms with E-state index in [4.69, 9.17) is 33.0 Å². The van der Waals surface area contributed by atoms with Crippen LogP contribution in [0.25, 0.3) is 6.08 Å². The summed E-state index contributed by atoms with van der Waals surface area (Å²) < 4.78 is 0. The van der Waals surface area contributed by atoms with E-state index < -0.39 is 0 Å². The highest BCUT2D eigenvalue weighted by molar-refractivity contribution is 7.99. The molecule has 2 amide bonds. The number of carbonyl (C=O) groups excluding carboxylic acids is 2. The van der Waals surface area contributed by atoms with Crippen molar-refractivity contribution in [1.82, 2.24) is 9.80 Å². The van der Waals surface area contributed by atoms with Crippen molar-refractivity contribution in [2.45, 2.75) is 23.1 Å². The van der Waals surface area contributed by atoms with Gasteiger partial charge in [0.1, 0.15) is 0 Å². The number of fused-ring (bicyclic) bond motifs is 1. The molecule has 0 unspecified atom stereocenters. The molecule has 0 bridgehead atoms. The first-order valence-electron chi connectivity index (χ1n) is 10.2. The number of nitrogens with zero attached hydrogens (tertiary/aromatic N) is 2. The summed E-state index contributed by atoms with van der Waals surface area (Å²) in [5, 5.41) is 0.843. The van der Waals surface area contributed by atoms with Crippen molar-refractivity contribution in [3.05, 3.63) is 57.6 Å². The Kier molecular flexibility index (Phi) is 7.30. The van der Waals surface area contributed by atoms with Crippen LogP contribution >= 0.6 is 35.0 Å². The Balaban J connectivity index is 1.42. The first-order chi connectivity index (χ1) is 15.4. The van der Waals surface area contributed by atoms with Crippen molar-refractivity contribution in [3.8, 4) is 5.75 Å². The Morgan fingerprint density at radius 1 is 1.03 bits per heavy atom. The van der Waals surface area contributed by atoms with Crippen LogP contribution in [-0.2, 0) is 20.9 Å². The number of amides is 2. The largest absolute Gasteiger partial charge is 0.339 e. The molecule has 2 aliphatic heterocycles. The third-order valence-corrected chi connectivity index (χ3v) is 7.44. The van der Waals surface area contributed by atoms with Gasteiger partial charge in [-0.05, 0) is 35.9 Å². The summed E-state index contributed by atoms with van der Waals surface area (Å²) in [7, 11) is 0. The van der Waals surface area contributed by atoms with Gasteiger partial charge in [-0.1, -0.05) is 41.0 Å². The summed E-state index contributed by atoms with van der Waals surface area (Å²) in [5.41, 5.74) is 1.76.